The predicted molar refractivity (Wildman–Crippen MR) is 157 cm³/mol. The molecule has 1 atom stereocenters. The zero-order valence-electron chi connectivity index (χ0n) is 22.2. The van der Waals surface area contributed by atoms with Crippen molar-refractivity contribution in [1.82, 2.24) is 10.3 Å². The van der Waals surface area contributed by atoms with E-state index in [1.54, 1.807) is 37.3 Å². The quantitative estimate of drug-likeness (QED) is 0.137. The lowest BCUT2D eigenvalue weighted by Crippen LogP contribution is -2.30. The summed E-state index contributed by atoms with van der Waals surface area (Å²) < 4.78 is 77.6. The maximum atomic E-state index is 13.1. The van der Waals surface area contributed by atoms with Crippen molar-refractivity contribution in [2.75, 3.05) is 4.72 Å². The minimum absolute atomic E-state index is 0.00328. The van der Waals surface area contributed by atoms with E-state index in [9.17, 15) is 31.2 Å². The second-order valence-corrected chi connectivity index (χ2v) is 11.9. The molecule has 0 fully saturated rings. The Hall–Kier alpha value is -4.04. The summed E-state index contributed by atoms with van der Waals surface area (Å²) in [5.41, 5.74) is 0.0255. The van der Waals surface area contributed by atoms with Crippen molar-refractivity contribution in [2.45, 2.75) is 24.0 Å². The van der Waals surface area contributed by atoms with Gasteiger partial charge in [-0.1, -0.05) is 65.1 Å². The lowest BCUT2D eigenvalue weighted by molar-refractivity contribution is -0.189. The van der Waals surface area contributed by atoms with Crippen LogP contribution >= 0.6 is 34.8 Å². The maximum Gasteiger partial charge on any atom is 0.491 e. The fourth-order valence-corrected chi connectivity index (χ4v) is 5.23. The number of anilines is 1. The molecule has 0 spiro atoms. The number of ether oxygens (including phenoxy) is 2. The zero-order valence-corrected chi connectivity index (χ0v) is 25.2. The molecule has 230 valence electrons. The molecule has 2 N–H and O–H groups in total. The lowest BCUT2D eigenvalue weighted by Gasteiger charge is -2.17. The van der Waals surface area contributed by atoms with Gasteiger partial charge >= 0.3 is 12.1 Å². The summed E-state index contributed by atoms with van der Waals surface area (Å²) in [5.74, 6) is -4.87. The number of aromatic nitrogens is 1. The molecule has 0 aliphatic carbocycles. The van der Waals surface area contributed by atoms with E-state index in [4.69, 9.17) is 39.5 Å². The molecule has 4 aromatic rings. The van der Waals surface area contributed by atoms with E-state index < -0.39 is 45.4 Å². The van der Waals surface area contributed by atoms with Gasteiger partial charge in [0.05, 0.1) is 31.6 Å². The summed E-state index contributed by atoms with van der Waals surface area (Å²) in [6, 6.07) is 16.0. The van der Waals surface area contributed by atoms with E-state index in [0.29, 0.717) is 5.56 Å². The number of amides is 1. The highest BCUT2D eigenvalue weighted by atomic mass is 35.5. The molecule has 3 aromatic carbocycles. The Balaban J connectivity index is 1.66. The van der Waals surface area contributed by atoms with Crippen LogP contribution in [0, 0.1) is 0 Å². The first-order valence-corrected chi connectivity index (χ1v) is 14.9. The largest absolute Gasteiger partial charge is 0.491 e. The van der Waals surface area contributed by atoms with Gasteiger partial charge in [-0.05, 0) is 48.9 Å². The molecule has 1 heterocycles. The standard InChI is InChI=1S/C28H19Cl3F3N3O6S/c1-15(16-5-3-2-4-6-16)36-25(38)20-9-7-18(12-24(20)43-27(39)28(32,33)34)42-26-23(11-17(29)14-35-26)37-44(40,41)19-8-10-21(30)22(31)13-19/h2-15,37H,1H3,(H,36,38)/t15-/m1/s1. The number of benzene rings is 3. The van der Waals surface area contributed by atoms with Gasteiger partial charge < -0.3 is 14.8 Å². The number of carbonyl (C=O) groups excluding carboxylic acids is 2. The highest BCUT2D eigenvalue weighted by Gasteiger charge is 2.42. The van der Waals surface area contributed by atoms with Crippen LogP contribution in [0.4, 0.5) is 18.9 Å². The van der Waals surface area contributed by atoms with Gasteiger partial charge in [0, 0.05) is 12.3 Å². The summed E-state index contributed by atoms with van der Waals surface area (Å²) >= 11 is 17.8. The summed E-state index contributed by atoms with van der Waals surface area (Å²) in [6.45, 7) is 1.65. The molecule has 4 rings (SSSR count). The van der Waals surface area contributed by atoms with Crippen LogP contribution in [-0.2, 0) is 14.8 Å². The smallest absolute Gasteiger partial charge is 0.437 e. The molecule has 1 amide bonds. The molecular formula is C28H19Cl3F3N3O6S. The first kappa shape index (κ1) is 32.9. The van der Waals surface area contributed by atoms with Crippen LogP contribution in [0.3, 0.4) is 0 Å². The molecule has 0 aliphatic rings. The fourth-order valence-electron chi connectivity index (χ4n) is 3.64. The van der Waals surface area contributed by atoms with Gasteiger partial charge in [-0.25, -0.2) is 18.2 Å². The van der Waals surface area contributed by atoms with Gasteiger partial charge in [-0.15, -0.1) is 0 Å². The Morgan fingerprint density at radius 3 is 2.30 bits per heavy atom. The molecule has 16 heteroatoms. The van der Waals surface area contributed by atoms with Crippen molar-refractivity contribution in [3.05, 3.63) is 105 Å². The molecular weight excluding hydrogens is 670 g/mol. The Morgan fingerprint density at radius 2 is 1.64 bits per heavy atom. The Kier molecular flexibility index (Phi) is 9.94. The van der Waals surface area contributed by atoms with Crippen LogP contribution < -0.4 is 19.5 Å². The van der Waals surface area contributed by atoms with E-state index in [1.807, 2.05) is 0 Å². The van der Waals surface area contributed by atoms with Crippen LogP contribution in [0.5, 0.6) is 17.4 Å². The minimum atomic E-state index is -5.38. The maximum absolute atomic E-state index is 13.1. The van der Waals surface area contributed by atoms with E-state index in [1.165, 1.54) is 18.2 Å². The summed E-state index contributed by atoms with van der Waals surface area (Å²) in [5, 5.41) is 2.72. The average molecular weight is 689 g/mol. The lowest BCUT2D eigenvalue weighted by atomic mass is 10.1. The van der Waals surface area contributed by atoms with Crippen molar-refractivity contribution in [1.29, 1.82) is 0 Å². The van der Waals surface area contributed by atoms with Gasteiger partial charge in [-0.2, -0.15) is 13.2 Å². The van der Waals surface area contributed by atoms with Crippen molar-refractivity contribution in [3.63, 3.8) is 0 Å². The van der Waals surface area contributed by atoms with Crippen molar-refractivity contribution >= 4 is 62.4 Å². The van der Waals surface area contributed by atoms with Gasteiger partial charge in [0.25, 0.3) is 15.9 Å². The summed E-state index contributed by atoms with van der Waals surface area (Å²) in [6.07, 6.45) is -4.26. The van der Waals surface area contributed by atoms with Gasteiger partial charge in [0.1, 0.15) is 17.2 Å². The number of hydrogen-bond donors (Lipinski definition) is 2. The number of sulfonamides is 1. The number of esters is 1. The number of nitrogens with zero attached hydrogens (tertiary/aromatic N) is 1. The number of halogens is 6. The zero-order chi connectivity index (χ0) is 32.2. The topological polar surface area (TPSA) is 124 Å². The number of nitrogens with one attached hydrogen (secondary N) is 2. The van der Waals surface area contributed by atoms with Crippen molar-refractivity contribution in [3.8, 4) is 17.4 Å². The molecule has 0 saturated carbocycles. The summed E-state index contributed by atoms with van der Waals surface area (Å²) in [7, 11) is -4.30. The third kappa shape index (κ3) is 8.11. The fraction of sp³-hybridized carbons (Fsp3) is 0.107. The number of carbonyl (C=O) groups is 2. The number of rotatable bonds is 9. The van der Waals surface area contributed by atoms with Crippen LogP contribution in [0.25, 0.3) is 0 Å². The molecule has 0 saturated heterocycles. The van der Waals surface area contributed by atoms with Gasteiger partial charge in [0.15, 0.2) is 0 Å². The second kappa shape index (κ2) is 13.3. The Bertz CT molecular complexity index is 1830. The molecule has 0 aliphatic heterocycles. The van der Waals surface area contributed by atoms with Crippen LogP contribution in [0.1, 0.15) is 28.9 Å². The number of pyridine rings is 1. The number of alkyl halides is 3. The van der Waals surface area contributed by atoms with Gasteiger partial charge in [-0.3, -0.25) is 9.52 Å². The highest BCUT2D eigenvalue weighted by Crippen LogP contribution is 2.35. The Morgan fingerprint density at radius 1 is 0.932 bits per heavy atom. The van der Waals surface area contributed by atoms with Gasteiger partial charge in [0.2, 0.25) is 5.88 Å². The SMILES string of the molecule is C[C@@H](NC(=O)c1ccc(Oc2ncc(Cl)cc2NS(=O)(=O)c2ccc(Cl)c(Cl)c2)cc1OC(=O)C(F)(F)F)c1ccccc1. The Labute approximate surface area is 263 Å². The number of hydrogen-bond acceptors (Lipinski definition) is 7. The van der Waals surface area contributed by atoms with E-state index in [-0.39, 0.29) is 37.3 Å². The molecule has 9 nitrogen and oxygen atoms in total. The van der Waals surface area contributed by atoms with Crippen molar-refractivity contribution in [2.24, 2.45) is 0 Å². The minimum Gasteiger partial charge on any atom is -0.437 e. The van der Waals surface area contributed by atoms with Crippen LogP contribution in [-0.4, -0.2) is 31.5 Å². The van der Waals surface area contributed by atoms with E-state index >= 15 is 0 Å². The predicted octanol–water partition coefficient (Wildman–Crippen LogP) is 7.59. The third-order valence-corrected chi connectivity index (χ3v) is 8.07. The molecule has 44 heavy (non-hydrogen) atoms. The molecule has 0 unspecified atom stereocenters. The normalized spacial score (nSPS) is 12.2. The van der Waals surface area contributed by atoms with E-state index in [2.05, 4.69) is 19.8 Å². The van der Waals surface area contributed by atoms with Crippen LogP contribution in [0.15, 0.2) is 83.9 Å². The molecule has 0 radical (unpaired) electrons. The summed E-state index contributed by atoms with van der Waals surface area (Å²) in [4.78, 5) is 28.4. The first-order chi connectivity index (χ1) is 20.6. The molecule has 1 aromatic heterocycles. The first-order valence-electron chi connectivity index (χ1n) is 12.2. The average Bonchev–Trinajstić information content (AvgIpc) is 2.95. The van der Waals surface area contributed by atoms with E-state index in [0.717, 1.165) is 30.5 Å². The van der Waals surface area contributed by atoms with Crippen LogP contribution in [0.2, 0.25) is 15.1 Å². The van der Waals surface area contributed by atoms with Crippen molar-refractivity contribution < 1.29 is 40.7 Å². The monoisotopic (exact) mass is 687 g/mol. The second-order valence-electron chi connectivity index (χ2n) is 8.94. The third-order valence-electron chi connectivity index (χ3n) is 5.76. The molecule has 0 bridgehead atoms. The highest BCUT2D eigenvalue weighted by molar-refractivity contribution is 7.92.